The van der Waals surface area contributed by atoms with Gasteiger partial charge in [0.15, 0.2) is 0 Å². The van der Waals surface area contributed by atoms with Gasteiger partial charge in [-0.3, -0.25) is 0 Å². The average molecular weight is 277 g/mol. The summed E-state index contributed by atoms with van der Waals surface area (Å²) in [5, 5.41) is 10.9. The monoisotopic (exact) mass is 277 g/mol. The van der Waals surface area contributed by atoms with Gasteiger partial charge in [-0.25, -0.2) is 0 Å². The molecule has 19 heavy (non-hydrogen) atoms. The third-order valence-corrected chi connectivity index (χ3v) is 3.80. The standard InChI is InChI=1S/C12H18F3N3O/c1-7(16-2)10-17-18-11(19-10)8-3-5-9(6-4-8)12(13,14)15/h7-9,16H,3-6H2,1-2H3. The lowest BCUT2D eigenvalue weighted by Crippen LogP contribution is -2.27. The Bertz CT molecular complexity index is 411. The number of halogens is 3. The Morgan fingerprint density at radius 1 is 1.21 bits per heavy atom. The summed E-state index contributed by atoms with van der Waals surface area (Å²) in [4.78, 5) is 0. The maximum atomic E-state index is 12.6. The highest BCUT2D eigenvalue weighted by atomic mass is 19.4. The van der Waals surface area contributed by atoms with E-state index in [1.807, 2.05) is 6.92 Å². The van der Waals surface area contributed by atoms with E-state index in [0.717, 1.165) is 0 Å². The second-order valence-electron chi connectivity index (χ2n) is 5.08. The molecule has 2 rings (SSSR count). The molecule has 0 aromatic carbocycles. The van der Waals surface area contributed by atoms with Gasteiger partial charge >= 0.3 is 6.18 Å². The van der Waals surface area contributed by atoms with Crippen LogP contribution >= 0.6 is 0 Å². The molecule has 108 valence electrons. The number of hydrogen-bond acceptors (Lipinski definition) is 4. The van der Waals surface area contributed by atoms with E-state index in [2.05, 4.69) is 15.5 Å². The van der Waals surface area contributed by atoms with Crippen molar-refractivity contribution in [2.24, 2.45) is 5.92 Å². The Hall–Kier alpha value is -1.11. The van der Waals surface area contributed by atoms with Gasteiger partial charge in [-0.2, -0.15) is 13.2 Å². The van der Waals surface area contributed by atoms with Crippen molar-refractivity contribution in [3.8, 4) is 0 Å². The number of rotatable bonds is 3. The molecule has 0 amide bonds. The summed E-state index contributed by atoms with van der Waals surface area (Å²) < 4.78 is 43.2. The summed E-state index contributed by atoms with van der Waals surface area (Å²) in [5.41, 5.74) is 0. The minimum atomic E-state index is -4.08. The molecule has 0 radical (unpaired) electrons. The second-order valence-corrected chi connectivity index (χ2v) is 5.08. The Morgan fingerprint density at radius 3 is 2.37 bits per heavy atom. The average Bonchev–Trinajstić information content (AvgIpc) is 2.86. The molecule has 0 bridgehead atoms. The highest BCUT2D eigenvalue weighted by molar-refractivity contribution is 4.96. The number of nitrogens with zero attached hydrogens (tertiary/aromatic N) is 2. The smallest absolute Gasteiger partial charge is 0.391 e. The second kappa shape index (κ2) is 5.48. The lowest BCUT2D eigenvalue weighted by molar-refractivity contribution is -0.182. The van der Waals surface area contributed by atoms with Crippen molar-refractivity contribution in [2.45, 2.75) is 50.7 Å². The lowest BCUT2D eigenvalue weighted by Gasteiger charge is -2.27. The first-order valence-electron chi connectivity index (χ1n) is 6.49. The van der Waals surface area contributed by atoms with E-state index in [1.165, 1.54) is 0 Å². The zero-order chi connectivity index (χ0) is 14.0. The third-order valence-electron chi connectivity index (χ3n) is 3.80. The van der Waals surface area contributed by atoms with E-state index in [0.29, 0.717) is 24.6 Å². The van der Waals surface area contributed by atoms with Crippen LogP contribution in [0.4, 0.5) is 13.2 Å². The Labute approximate surface area is 109 Å². The van der Waals surface area contributed by atoms with Crippen molar-refractivity contribution in [2.75, 3.05) is 7.05 Å². The molecule has 1 heterocycles. The van der Waals surface area contributed by atoms with E-state index in [-0.39, 0.29) is 24.8 Å². The molecule has 1 saturated carbocycles. The quantitative estimate of drug-likeness (QED) is 0.922. The van der Waals surface area contributed by atoms with E-state index < -0.39 is 12.1 Å². The summed E-state index contributed by atoms with van der Waals surface area (Å²) in [6, 6.07) is -0.0484. The zero-order valence-corrected chi connectivity index (χ0v) is 11.0. The van der Waals surface area contributed by atoms with Crippen LogP contribution in [0.5, 0.6) is 0 Å². The number of nitrogens with one attached hydrogen (secondary N) is 1. The Kier molecular flexibility index (Phi) is 4.13. The first-order chi connectivity index (χ1) is 8.91. The molecule has 0 spiro atoms. The van der Waals surface area contributed by atoms with Gasteiger partial charge in [0, 0.05) is 5.92 Å². The molecule has 1 aliphatic carbocycles. The number of aromatic nitrogens is 2. The van der Waals surface area contributed by atoms with Gasteiger partial charge in [0.05, 0.1) is 12.0 Å². The van der Waals surface area contributed by atoms with Crippen LogP contribution in [0.1, 0.15) is 56.3 Å². The SMILES string of the molecule is CNC(C)c1nnc(C2CCC(C(F)(F)F)CC2)o1. The van der Waals surface area contributed by atoms with Crippen LogP contribution in [0.2, 0.25) is 0 Å². The number of hydrogen-bond donors (Lipinski definition) is 1. The third kappa shape index (κ3) is 3.26. The fraction of sp³-hybridized carbons (Fsp3) is 0.833. The summed E-state index contributed by atoms with van der Waals surface area (Å²) in [6.45, 7) is 1.89. The summed E-state index contributed by atoms with van der Waals surface area (Å²) in [5.74, 6) is -0.264. The van der Waals surface area contributed by atoms with Crippen molar-refractivity contribution in [1.82, 2.24) is 15.5 Å². The van der Waals surface area contributed by atoms with E-state index >= 15 is 0 Å². The topological polar surface area (TPSA) is 51.0 Å². The van der Waals surface area contributed by atoms with Crippen LogP contribution in [-0.2, 0) is 0 Å². The zero-order valence-electron chi connectivity index (χ0n) is 11.0. The molecular weight excluding hydrogens is 259 g/mol. The van der Waals surface area contributed by atoms with Crippen molar-refractivity contribution in [3.05, 3.63) is 11.8 Å². The molecule has 0 aliphatic heterocycles. The molecule has 1 aromatic rings. The van der Waals surface area contributed by atoms with Gasteiger partial charge in [0.1, 0.15) is 0 Å². The lowest BCUT2D eigenvalue weighted by atomic mass is 9.81. The van der Waals surface area contributed by atoms with Crippen LogP contribution < -0.4 is 5.32 Å². The molecule has 1 aliphatic rings. The van der Waals surface area contributed by atoms with Crippen molar-refractivity contribution in [3.63, 3.8) is 0 Å². The predicted molar refractivity (Wildman–Crippen MR) is 62.5 cm³/mol. The van der Waals surface area contributed by atoms with Crippen molar-refractivity contribution in [1.29, 1.82) is 0 Å². The molecule has 0 saturated heterocycles. The van der Waals surface area contributed by atoms with Gasteiger partial charge < -0.3 is 9.73 Å². The van der Waals surface area contributed by atoms with Gasteiger partial charge in [0.25, 0.3) is 0 Å². The molecule has 4 nitrogen and oxygen atoms in total. The Balaban J connectivity index is 1.96. The molecule has 1 atom stereocenters. The van der Waals surface area contributed by atoms with Crippen LogP contribution in [-0.4, -0.2) is 23.4 Å². The van der Waals surface area contributed by atoms with Crippen LogP contribution in [0.3, 0.4) is 0 Å². The van der Waals surface area contributed by atoms with Crippen molar-refractivity contribution < 1.29 is 17.6 Å². The fourth-order valence-corrected chi connectivity index (χ4v) is 2.38. The highest BCUT2D eigenvalue weighted by Crippen LogP contribution is 2.42. The maximum Gasteiger partial charge on any atom is 0.391 e. The van der Waals surface area contributed by atoms with Crippen LogP contribution in [0.15, 0.2) is 4.42 Å². The fourth-order valence-electron chi connectivity index (χ4n) is 2.38. The van der Waals surface area contributed by atoms with Gasteiger partial charge in [-0.1, -0.05) is 0 Å². The first-order valence-corrected chi connectivity index (χ1v) is 6.49. The largest absolute Gasteiger partial charge is 0.423 e. The summed E-state index contributed by atoms with van der Waals surface area (Å²) in [7, 11) is 1.78. The number of alkyl halides is 3. The van der Waals surface area contributed by atoms with Gasteiger partial charge in [-0.05, 0) is 39.7 Å². The summed E-state index contributed by atoms with van der Waals surface area (Å²) in [6.07, 6.45) is -2.87. The van der Waals surface area contributed by atoms with Gasteiger partial charge in [-0.15, -0.1) is 10.2 Å². The van der Waals surface area contributed by atoms with Gasteiger partial charge in [0.2, 0.25) is 11.8 Å². The molecule has 7 heteroatoms. The normalized spacial score (nSPS) is 26.4. The van der Waals surface area contributed by atoms with Crippen LogP contribution in [0.25, 0.3) is 0 Å². The molecule has 1 fully saturated rings. The maximum absolute atomic E-state index is 12.6. The van der Waals surface area contributed by atoms with E-state index in [9.17, 15) is 13.2 Å². The molecule has 1 unspecified atom stereocenters. The van der Waals surface area contributed by atoms with Crippen LogP contribution in [0, 0.1) is 5.92 Å². The van der Waals surface area contributed by atoms with Crippen molar-refractivity contribution >= 4 is 0 Å². The Morgan fingerprint density at radius 2 is 1.84 bits per heavy atom. The minimum Gasteiger partial charge on any atom is -0.423 e. The van der Waals surface area contributed by atoms with E-state index in [4.69, 9.17) is 4.42 Å². The molecule has 1 aromatic heterocycles. The summed E-state index contributed by atoms with van der Waals surface area (Å²) >= 11 is 0. The first kappa shape index (κ1) is 14.3. The molecular formula is C12H18F3N3O. The highest BCUT2D eigenvalue weighted by Gasteiger charge is 2.42. The minimum absolute atomic E-state index is 0.0380. The van der Waals surface area contributed by atoms with E-state index in [1.54, 1.807) is 7.05 Å². The molecule has 1 N–H and O–H groups in total. The predicted octanol–water partition coefficient (Wildman–Crippen LogP) is 3.19.